The third-order valence-corrected chi connectivity index (χ3v) is 11.4. The van der Waals surface area contributed by atoms with Crippen LogP contribution in [0.5, 0.6) is 0 Å². The highest BCUT2D eigenvalue weighted by Crippen LogP contribution is 2.74. The molecule has 0 aromatic heterocycles. The Morgan fingerprint density at radius 3 is 2.62 bits per heavy atom. The molecule has 1 aliphatic heterocycles. The number of halogens is 2. The van der Waals surface area contributed by atoms with E-state index < -0.39 is 64.4 Å². The highest BCUT2D eigenvalue weighted by molar-refractivity contribution is 6.01. The number of alkyl halides is 2. The van der Waals surface area contributed by atoms with Crippen molar-refractivity contribution < 1.29 is 38.5 Å². The second-order valence-electron chi connectivity index (χ2n) is 13.0. The van der Waals surface area contributed by atoms with Gasteiger partial charge < -0.3 is 15.3 Å². The minimum Gasteiger partial charge on any atom is -0.478 e. The molecule has 9 heteroatoms. The van der Waals surface area contributed by atoms with E-state index in [1.165, 1.54) is 24.3 Å². The average molecular weight is 556 g/mol. The molecule has 0 spiro atoms. The highest BCUT2D eigenvalue weighted by Gasteiger charge is 2.78. The predicted molar refractivity (Wildman–Crippen MR) is 141 cm³/mol. The molecule has 0 radical (unpaired) electrons. The summed E-state index contributed by atoms with van der Waals surface area (Å²) in [4.78, 5) is 39.3. The molecule has 5 aliphatic rings. The summed E-state index contributed by atoms with van der Waals surface area (Å²) >= 11 is 0. The van der Waals surface area contributed by atoms with Crippen LogP contribution < -0.4 is 0 Å². The fraction of sp³-hybridized carbons (Fsp3) is 0.581. The SMILES string of the molecule is C[C@]12C=CC(=O)C=C1[C@@H](F)C[C@H]1[C@@H]3C[C@H]4CN(Cc5cccc(C(=O)O)c5)C[C@@]4(C(=O)CO)[C@@]3(C)C[C@H](O)[C@@]12F. The molecule has 1 heterocycles. The van der Waals surface area contributed by atoms with E-state index >= 15 is 8.78 Å². The molecule has 6 rings (SSSR count). The molecule has 3 saturated carbocycles. The third-order valence-electron chi connectivity index (χ3n) is 11.4. The molecule has 7 nitrogen and oxygen atoms in total. The molecule has 0 unspecified atom stereocenters. The largest absolute Gasteiger partial charge is 0.478 e. The van der Waals surface area contributed by atoms with Crippen molar-refractivity contribution in [2.75, 3.05) is 19.7 Å². The minimum atomic E-state index is -2.22. The summed E-state index contributed by atoms with van der Waals surface area (Å²) in [5, 5.41) is 31.1. The van der Waals surface area contributed by atoms with Gasteiger partial charge in [-0.05, 0) is 78.9 Å². The molecular weight excluding hydrogens is 520 g/mol. The Bertz CT molecular complexity index is 1360. The summed E-state index contributed by atoms with van der Waals surface area (Å²) in [6.07, 6.45) is 0.993. The first-order chi connectivity index (χ1) is 18.8. The number of hydrogen-bond donors (Lipinski definition) is 3. The van der Waals surface area contributed by atoms with Crippen molar-refractivity contribution in [2.45, 2.75) is 57.6 Å². The van der Waals surface area contributed by atoms with Crippen LogP contribution in [0.25, 0.3) is 0 Å². The lowest BCUT2D eigenvalue weighted by Crippen LogP contribution is -2.69. The van der Waals surface area contributed by atoms with Gasteiger partial charge in [-0.15, -0.1) is 0 Å². The van der Waals surface area contributed by atoms with Crippen molar-refractivity contribution in [3.63, 3.8) is 0 Å². The number of Topliss-reactive ketones (excluding diaryl/α,β-unsaturated/α-hetero) is 1. The van der Waals surface area contributed by atoms with Gasteiger partial charge in [-0.2, -0.15) is 0 Å². The summed E-state index contributed by atoms with van der Waals surface area (Å²) < 4.78 is 33.2. The standard InChI is InChI=1S/C31H35F2NO6/c1-28-7-6-20(36)10-23(28)24(32)11-22-21-9-19-14-34(13-17-4-3-5-18(8-17)27(39)40)16-30(19,26(38)15-35)29(21,2)12-25(37)31(22,28)33/h3-8,10,19,21-22,24-25,35,37H,9,11-16H2,1-2H3,(H,39,40)/t19-,21-,22-,24-,25-,28-,29-,30+,31-/m0/s1. The number of rotatable bonds is 5. The number of carboxylic acids is 1. The van der Waals surface area contributed by atoms with Crippen LogP contribution in [0.2, 0.25) is 0 Å². The van der Waals surface area contributed by atoms with Crippen LogP contribution in [0.15, 0.2) is 48.1 Å². The first-order valence-electron chi connectivity index (χ1n) is 14.0. The molecule has 0 amide bonds. The van der Waals surface area contributed by atoms with Gasteiger partial charge in [0.1, 0.15) is 12.8 Å². The van der Waals surface area contributed by atoms with E-state index in [4.69, 9.17) is 0 Å². The Hall–Kier alpha value is -2.75. The Balaban J connectivity index is 1.38. The fourth-order valence-electron chi connectivity index (χ4n) is 9.70. The molecule has 3 N–H and O–H groups in total. The number of hydrogen-bond acceptors (Lipinski definition) is 6. The van der Waals surface area contributed by atoms with E-state index in [0.717, 1.165) is 5.56 Å². The van der Waals surface area contributed by atoms with Crippen LogP contribution in [0.4, 0.5) is 8.78 Å². The van der Waals surface area contributed by atoms with Gasteiger partial charge in [0.05, 0.1) is 17.1 Å². The number of likely N-dealkylation sites (tertiary alicyclic amines) is 1. The van der Waals surface area contributed by atoms with Gasteiger partial charge in [0.15, 0.2) is 17.2 Å². The summed E-state index contributed by atoms with van der Waals surface area (Å²) in [7, 11) is 0. The number of aromatic carboxylic acids is 1. The Morgan fingerprint density at radius 2 is 1.93 bits per heavy atom. The van der Waals surface area contributed by atoms with Crippen molar-refractivity contribution >= 4 is 17.5 Å². The molecular formula is C31H35F2NO6. The maximum atomic E-state index is 17.5. The third kappa shape index (κ3) is 3.34. The zero-order chi connectivity index (χ0) is 28.8. The van der Waals surface area contributed by atoms with Gasteiger partial charge in [-0.25, -0.2) is 13.6 Å². The topological polar surface area (TPSA) is 115 Å². The number of carbonyl (C=O) groups is 3. The molecule has 1 saturated heterocycles. The Labute approximate surface area is 231 Å². The number of benzene rings is 1. The molecule has 1 aromatic rings. The number of aliphatic hydroxyl groups excluding tert-OH is 2. The van der Waals surface area contributed by atoms with Gasteiger partial charge >= 0.3 is 5.97 Å². The highest BCUT2D eigenvalue weighted by atomic mass is 19.1. The first kappa shape index (κ1) is 27.4. The van der Waals surface area contributed by atoms with E-state index in [0.29, 0.717) is 19.5 Å². The molecule has 9 atom stereocenters. The van der Waals surface area contributed by atoms with E-state index in [9.17, 15) is 29.7 Å². The van der Waals surface area contributed by atoms with Gasteiger partial charge in [-0.1, -0.05) is 25.1 Å². The summed E-state index contributed by atoms with van der Waals surface area (Å²) in [6.45, 7) is 3.91. The Kier molecular flexibility index (Phi) is 6.08. The smallest absolute Gasteiger partial charge is 0.335 e. The minimum absolute atomic E-state index is 0.0309. The average Bonchev–Trinajstić information content (AvgIpc) is 3.38. The molecule has 4 aliphatic carbocycles. The molecule has 4 fully saturated rings. The monoisotopic (exact) mass is 555 g/mol. The predicted octanol–water partition coefficient (Wildman–Crippen LogP) is 3.29. The van der Waals surface area contributed by atoms with Crippen molar-refractivity contribution in [2.24, 2.45) is 34.0 Å². The number of carboxylic acid groups (broad SMARTS) is 1. The summed E-state index contributed by atoms with van der Waals surface area (Å²) in [6, 6.07) is 6.61. The lowest BCUT2D eigenvalue weighted by molar-refractivity contribution is -0.212. The maximum Gasteiger partial charge on any atom is 0.335 e. The summed E-state index contributed by atoms with van der Waals surface area (Å²) in [5.41, 5.74) is -4.67. The zero-order valence-corrected chi connectivity index (χ0v) is 22.6. The number of aliphatic hydroxyl groups is 2. The molecule has 214 valence electrons. The Morgan fingerprint density at radius 1 is 1.18 bits per heavy atom. The van der Waals surface area contributed by atoms with E-state index in [1.54, 1.807) is 19.1 Å². The molecule has 1 aromatic carbocycles. The quantitative estimate of drug-likeness (QED) is 0.511. The lowest BCUT2D eigenvalue weighted by atomic mass is 9.43. The van der Waals surface area contributed by atoms with Gasteiger partial charge in [0, 0.05) is 31.0 Å². The van der Waals surface area contributed by atoms with Crippen LogP contribution in [0.1, 0.15) is 49.0 Å². The summed E-state index contributed by atoms with van der Waals surface area (Å²) in [5.74, 6) is -3.33. The number of carbonyl (C=O) groups excluding carboxylic acids is 2. The number of ketones is 2. The molecule has 0 bridgehead atoms. The normalized spacial score (nSPS) is 43.9. The van der Waals surface area contributed by atoms with Crippen LogP contribution in [-0.4, -0.2) is 75.4 Å². The number of allylic oxidation sites excluding steroid dienone is 4. The van der Waals surface area contributed by atoms with Gasteiger partial charge in [0.25, 0.3) is 0 Å². The second kappa shape index (κ2) is 8.87. The van der Waals surface area contributed by atoms with Crippen LogP contribution in [0, 0.1) is 34.0 Å². The van der Waals surface area contributed by atoms with E-state index in [1.807, 2.05) is 13.0 Å². The fourth-order valence-corrected chi connectivity index (χ4v) is 9.70. The van der Waals surface area contributed by atoms with Gasteiger partial charge in [-0.3, -0.25) is 14.5 Å². The van der Waals surface area contributed by atoms with Crippen molar-refractivity contribution in [3.05, 3.63) is 59.2 Å². The van der Waals surface area contributed by atoms with Gasteiger partial charge in [0.2, 0.25) is 0 Å². The zero-order valence-electron chi connectivity index (χ0n) is 22.6. The van der Waals surface area contributed by atoms with E-state index in [-0.39, 0.29) is 42.2 Å². The van der Waals surface area contributed by atoms with Crippen LogP contribution >= 0.6 is 0 Å². The number of fused-ring (bicyclic) bond motifs is 7. The second-order valence-corrected chi connectivity index (χ2v) is 13.0. The first-order valence-corrected chi connectivity index (χ1v) is 14.0. The number of nitrogens with zero attached hydrogens (tertiary/aromatic N) is 1. The van der Waals surface area contributed by atoms with Crippen molar-refractivity contribution in [3.8, 4) is 0 Å². The lowest BCUT2D eigenvalue weighted by Gasteiger charge is -2.63. The van der Waals surface area contributed by atoms with Crippen molar-refractivity contribution in [1.29, 1.82) is 0 Å². The molecule has 40 heavy (non-hydrogen) atoms. The van der Waals surface area contributed by atoms with Crippen molar-refractivity contribution in [1.82, 2.24) is 4.90 Å². The van der Waals surface area contributed by atoms with Crippen LogP contribution in [0.3, 0.4) is 0 Å². The van der Waals surface area contributed by atoms with Crippen LogP contribution in [-0.2, 0) is 16.1 Å². The van der Waals surface area contributed by atoms with E-state index in [2.05, 4.69) is 4.90 Å². The maximum absolute atomic E-state index is 17.5.